The largest absolute Gasteiger partial charge is 0.492 e. The molecule has 1 N–H and O–H groups in total. The fourth-order valence-electron chi connectivity index (χ4n) is 1.73. The van der Waals surface area contributed by atoms with E-state index in [-0.39, 0.29) is 5.56 Å². The van der Waals surface area contributed by atoms with Gasteiger partial charge in [-0.15, -0.1) is 0 Å². The van der Waals surface area contributed by atoms with Crippen molar-refractivity contribution in [2.75, 3.05) is 11.9 Å². The van der Waals surface area contributed by atoms with Gasteiger partial charge in [0.25, 0.3) is 0 Å². The Morgan fingerprint density at radius 3 is 2.79 bits per heavy atom. The third-order valence-corrected chi connectivity index (χ3v) is 2.49. The minimum absolute atomic E-state index is 0.274. The molecule has 0 spiro atoms. The van der Waals surface area contributed by atoms with Crippen molar-refractivity contribution in [2.45, 2.75) is 6.92 Å². The van der Waals surface area contributed by atoms with Crippen molar-refractivity contribution in [1.29, 1.82) is 5.26 Å². The zero-order valence-corrected chi connectivity index (χ0v) is 10.5. The van der Waals surface area contributed by atoms with E-state index in [0.29, 0.717) is 18.0 Å². The summed E-state index contributed by atoms with van der Waals surface area (Å²) in [5.41, 5.74) is 1.53. The van der Waals surface area contributed by atoms with Crippen molar-refractivity contribution in [3.8, 4) is 11.8 Å². The lowest BCUT2D eigenvalue weighted by molar-refractivity contribution is 0.342. The summed E-state index contributed by atoms with van der Waals surface area (Å²) in [6.07, 6.45) is 0. The summed E-state index contributed by atoms with van der Waals surface area (Å²) < 4.78 is 18.8. The topological polar surface area (TPSA) is 45.0 Å². The number of ether oxygens (including phenoxy) is 1. The van der Waals surface area contributed by atoms with Crippen LogP contribution in [-0.2, 0) is 0 Å². The van der Waals surface area contributed by atoms with Gasteiger partial charge >= 0.3 is 0 Å². The fraction of sp³-hybridized carbons (Fsp3) is 0.133. The summed E-state index contributed by atoms with van der Waals surface area (Å²) in [6, 6.07) is 13.4. The van der Waals surface area contributed by atoms with Crippen molar-refractivity contribution in [1.82, 2.24) is 0 Å². The van der Waals surface area contributed by atoms with Gasteiger partial charge in [0, 0.05) is 5.69 Å². The molecule has 0 bridgehead atoms. The van der Waals surface area contributed by atoms with Crippen molar-refractivity contribution < 1.29 is 9.13 Å². The van der Waals surface area contributed by atoms with Crippen LogP contribution in [0.3, 0.4) is 0 Å². The van der Waals surface area contributed by atoms with Crippen molar-refractivity contribution in [3.63, 3.8) is 0 Å². The molecule has 0 aliphatic rings. The molecule has 2 aromatic rings. The number of benzene rings is 2. The molecule has 0 aliphatic heterocycles. The van der Waals surface area contributed by atoms with Gasteiger partial charge in [-0.1, -0.05) is 12.1 Å². The monoisotopic (exact) mass is 256 g/mol. The Morgan fingerprint density at radius 2 is 2.05 bits per heavy atom. The number of halogens is 1. The molecule has 2 aromatic carbocycles. The summed E-state index contributed by atoms with van der Waals surface area (Å²) in [5.74, 6) is 0.239. The summed E-state index contributed by atoms with van der Waals surface area (Å²) in [4.78, 5) is 0. The fourth-order valence-corrected chi connectivity index (χ4v) is 1.73. The molecule has 0 radical (unpaired) electrons. The van der Waals surface area contributed by atoms with Crippen LogP contribution in [-0.4, -0.2) is 6.61 Å². The van der Waals surface area contributed by atoms with Crippen LogP contribution in [0.2, 0.25) is 0 Å². The maximum atomic E-state index is 13.3. The van der Waals surface area contributed by atoms with Gasteiger partial charge in [0.1, 0.15) is 11.6 Å². The molecule has 0 aromatic heterocycles. The highest BCUT2D eigenvalue weighted by Gasteiger charge is 2.05. The molecule has 4 heteroatoms. The lowest BCUT2D eigenvalue weighted by Crippen LogP contribution is -1.98. The average molecular weight is 256 g/mol. The van der Waals surface area contributed by atoms with Gasteiger partial charge in [0.2, 0.25) is 0 Å². The number of rotatable bonds is 4. The van der Waals surface area contributed by atoms with E-state index in [4.69, 9.17) is 10.00 Å². The van der Waals surface area contributed by atoms with E-state index >= 15 is 0 Å². The standard InChI is InChI=1S/C15H13FN2O/c1-2-19-15-6-4-3-5-14(15)18-13-8-11(10-17)7-12(16)9-13/h3-9,18H,2H2,1H3. The first kappa shape index (κ1) is 12.9. The second kappa shape index (κ2) is 5.87. The third kappa shape index (κ3) is 3.23. The van der Waals surface area contributed by atoms with Gasteiger partial charge in [-0.05, 0) is 37.3 Å². The number of hydrogen-bond acceptors (Lipinski definition) is 3. The maximum Gasteiger partial charge on any atom is 0.142 e. The molecule has 0 saturated heterocycles. The van der Waals surface area contributed by atoms with Gasteiger partial charge < -0.3 is 10.1 Å². The van der Waals surface area contributed by atoms with Crippen LogP contribution in [0, 0.1) is 17.1 Å². The first-order valence-electron chi connectivity index (χ1n) is 5.92. The second-order valence-corrected chi connectivity index (χ2v) is 3.89. The number of nitriles is 1. The normalized spacial score (nSPS) is 9.74. The lowest BCUT2D eigenvalue weighted by atomic mass is 10.2. The molecular formula is C15H13FN2O. The van der Waals surface area contributed by atoms with Gasteiger partial charge in [0.15, 0.2) is 0 Å². The minimum Gasteiger partial charge on any atom is -0.492 e. The molecule has 0 fully saturated rings. The van der Waals surface area contributed by atoms with E-state index in [1.54, 1.807) is 6.07 Å². The third-order valence-electron chi connectivity index (χ3n) is 2.49. The Labute approximate surface area is 111 Å². The number of para-hydroxylation sites is 2. The second-order valence-electron chi connectivity index (χ2n) is 3.89. The molecule has 0 amide bonds. The first-order valence-corrected chi connectivity index (χ1v) is 5.92. The molecule has 3 nitrogen and oxygen atoms in total. The van der Waals surface area contributed by atoms with Crippen LogP contribution in [0.4, 0.5) is 15.8 Å². The lowest BCUT2D eigenvalue weighted by Gasteiger charge is -2.12. The van der Waals surface area contributed by atoms with Crippen LogP contribution in [0.25, 0.3) is 0 Å². The summed E-state index contributed by atoms with van der Waals surface area (Å²) >= 11 is 0. The van der Waals surface area contributed by atoms with Crippen molar-refractivity contribution in [2.24, 2.45) is 0 Å². The van der Waals surface area contributed by atoms with Crippen LogP contribution < -0.4 is 10.1 Å². The minimum atomic E-state index is -0.449. The number of nitrogens with zero attached hydrogens (tertiary/aromatic N) is 1. The van der Waals surface area contributed by atoms with E-state index in [2.05, 4.69) is 5.32 Å². The Bertz CT molecular complexity index is 620. The van der Waals surface area contributed by atoms with Crippen LogP contribution >= 0.6 is 0 Å². The predicted octanol–water partition coefficient (Wildman–Crippen LogP) is 3.84. The van der Waals surface area contributed by atoms with Crippen molar-refractivity contribution >= 4 is 11.4 Å². The maximum absolute atomic E-state index is 13.3. The van der Waals surface area contributed by atoms with Crippen LogP contribution in [0.5, 0.6) is 5.75 Å². The summed E-state index contributed by atoms with van der Waals surface area (Å²) in [6.45, 7) is 2.44. The zero-order chi connectivity index (χ0) is 13.7. The number of nitrogens with one attached hydrogen (secondary N) is 1. The molecule has 0 atom stereocenters. The number of anilines is 2. The van der Waals surface area contributed by atoms with Crippen LogP contribution in [0.1, 0.15) is 12.5 Å². The summed E-state index contributed by atoms with van der Waals surface area (Å²) in [7, 11) is 0. The highest BCUT2D eigenvalue weighted by molar-refractivity contribution is 5.67. The Hall–Kier alpha value is -2.54. The quantitative estimate of drug-likeness (QED) is 0.903. The van der Waals surface area contributed by atoms with Gasteiger partial charge in [0.05, 0.1) is 23.9 Å². The Balaban J connectivity index is 2.31. The van der Waals surface area contributed by atoms with E-state index in [1.807, 2.05) is 37.3 Å². The highest BCUT2D eigenvalue weighted by atomic mass is 19.1. The SMILES string of the molecule is CCOc1ccccc1Nc1cc(F)cc(C#N)c1. The highest BCUT2D eigenvalue weighted by Crippen LogP contribution is 2.28. The Morgan fingerprint density at radius 1 is 1.26 bits per heavy atom. The smallest absolute Gasteiger partial charge is 0.142 e. The molecule has 0 unspecified atom stereocenters. The predicted molar refractivity (Wildman–Crippen MR) is 72.0 cm³/mol. The molecule has 0 heterocycles. The van der Waals surface area contributed by atoms with E-state index in [9.17, 15) is 4.39 Å². The molecule has 19 heavy (non-hydrogen) atoms. The van der Waals surface area contributed by atoms with Gasteiger partial charge in [-0.2, -0.15) is 5.26 Å². The molecule has 2 rings (SSSR count). The van der Waals surface area contributed by atoms with Gasteiger partial charge in [-0.25, -0.2) is 4.39 Å². The molecule has 96 valence electrons. The molecular weight excluding hydrogens is 243 g/mol. The zero-order valence-electron chi connectivity index (χ0n) is 10.5. The first-order chi connectivity index (χ1) is 9.22. The average Bonchev–Trinajstić information content (AvgIpc) is 2.40. The van der Waals surface area contributed by atoms with E-state index in [1.165, 1.54) is 12.1 Å². The van der Waals surface area contributed by atoms with Crippen LogP contribution in [0.15, 0.2) is 42.5 Å². The molecule has 0 saturated carbocycles. The number of hydrogen-bond donors (Lipinski definition) is 1. The van der Waals surface area contributed by atoms with E-state index in [0.717, 1.165) is 5.69 Å². The van der Waals surface area contributed by atoms with Crippen molar-refractivity contribution in [3.05, 3.63) is 53.8 Å². The van der Waals surface area contributed by atoms with Gasteiger partial charge in [-0.3, -0.25) is 0 Å². The Kier molecular flexibility index (Phi) is 3.99. The van der Waals surface area contributed by atoms with E-state index < -0.39 is 5.82 Å². The summed E-state index contributed by atoms with van der Waals surface area (Å²) in [5, 5.41) is 11.9. The molecule has 0 aliphatic carbocycles.